The Morgan fingerprint density at radius 1 is 1.00 bits per heavy atom. The Labute approximate surface area is 118 Å². The van der Waals surface area contributed by atoms with E-state index >= 15 is 0 Å². The van der Waals surface area contributed by atoms with E-state index in [2.05, 4.69) is 53.7 Å². The molecule has 0 aliphatic rings. The Bertz CT molecular complexity index is 363. The Kier molecular flexibility index (Phi) is 5.86. The van der Waals surface area contributed by atoms with Gasteiger partial charge >= 0.3 is 0 Å². The summed E-state index contributed by atoms with van der Waals surface area (Å²) >= 11 is 0. The minimum absolute atomic E-state index is 0.249. The summed E-state index contributed by atoms with van der Waals surface area (Å²) in [5, 5.41) is 0. The summed E-state index contributed by atoms with van der Waals surface area (Å²) in [5.41, 5.74) is 1.06. The fourth-order valence-electron chi connectivity index (χ4n) is 1.75. The van der Waals surface area contributed by atoms with Crippen LogP contribution in [0.4, 0.5) is 0 Å². The maximum Gasteiger partial charge on any atom is 0.165 e. The van der Waals surface area contributed by atoms with Crippen LogP contribution in [0, 0.1) is 5.92 Å². The summed E-state index contributed by atoms with van der Waals surface area (Å²) in [5.74, 6) is 1.99. The first-order valence-electron chi connectivity index (χ1n) is 7.26. The molecular weight excluding hydrogens is 236 g/mol. The van der Waals surface area contributed by atoms with Crippen LogP contribution in [0.1, 0.15) is 65.9 Å². The van der Waals surface area contributed by atoms with Crippen LogP contribution in [0.25, 0.3) is 0 Å². The second kappa shape index (κ2) is 6.95. The predicted octanol–water partition coefficient (Wildman–Crippen LogP) is 5.34. The first-order valence-corrected chi connectivity index (χ1v) is 7.26. The summed E-state index contributed by atoms with van der Waals surface area (Å²) in [6.07, 6.45) is 2.14. The molecule has 0 bridgehead atoms. The summed E-state index contributed by atoms with van der Waals surface area (Å²) in [6, 6.07) is 8.11. The monoisotopic (exact) mass is 264 g/mol. The summed E-state index contributed by atoms with van der Waals surface area (Å²) in [4.78, 5) is 11.0. The van der Waals surface area contributed by atoms with Gasteiger partial charge in [0.15, 0.2) is 5.75 Å². The highest BCUT2D eigenvalue weighted by Crippen LogP contribution is 2.23. The Morgan fingerprint density at radius 2 is 1.58 bits per heavy atom. The maximum absolute atomic E-state index is 5.57. The van der Waals surface area contributed by atoms with Gasteiger partial charge in [0.25, 0.3) is 0 Å². The SMILES string of the molecule is CC(C)CCC(C)(C)OOc1ccc(C(C)C)cc1. The normalized spacial score (nSPS) is 12.2. The van der Waals surface area contributed by atoms with E-state index in [0.29, 0.717) is 11.8 Å². The minimum atomic E-state index is -0.249. The van der Waals surface area contributed by atoms with Gasteiger partial charge in [0, 0.05) is 0 Å². The van der Waals surface area contributed by atoms with Crippen LogP contribution in [-0.4, -0.2) is 5.60 Å². The topological polar surface area (TPSA) is 18.5 Å². The fourth-order valence-corrected chi connectivity index (χ4v) is 1.75. The highest BCUT2D eigenvalue weighted by molar-refractivity contribution is 5.28. The lowest BCUT2D eigenvalue weighted by molar-refractivity contribution is -0.283. The zero-order valence-electron chi connectivity index (χ0n) is 13.2. The Hall–Kier alpha value is -1.02. The van der Waals surface area contributed by atoms with Gasteiger partial charge in [0.1, 0.15) is 5.60 Å². The second-order valence-electron chi connectivity index (χ2n) is 6.58. The fraction of sp³-hybridized carbons (Fsp3) is 0.647. The van der Waals surface area contributed by atoms with Crippen molar-refractivity contribution >= 4 is 0 Å². The van der Waals surface area contributed by atoms with Crippen LogP contribution in [-0.2, 0) is 4.89 Å². The van der Waals surface area contributed by atoms with E-state index in [1.54, 1.807) is 0 Å². The van der Waals surface area contributed by atoms with Gasteiger partial charge in [-0.25, -0.2) is 0 Å². The number of hydrogen-bond acceptors (Lipinski definition) is 2. The average molecular weight is 264 g/mol. The van der Waals surface area contributed by atoms with Crippen molar-refractivity contribution < 1.29 is 9.78 Å². The van der Waals surface area contributed by atoms with Crippen molar-refractivity contribution in [1.82, 2.24) is 0 Å². The molecule has 1 aromatic rings. The molecular formula is C17H28O2. The van der Waals surface area contributed by atoms with Crippen LogP contribution in [0.5, 0.6) is 5.75 Å². The predicted molar refractivity (Wildman–Crippen MR) is 80.4 cm³/mol. The molecule has 0 N–H and O–H groups in total. The lowest BCUT2D eigenvalue weighted by atomic mass is 9.97. The summed E-state index contributed by atoms with van der Waals surface area (Å²) < 4.78 is 0. The van der Waals surface area contributed by atoms with Crippen LogP contribution in [0.15, 0.2) is 24.3 Å². The molecule has 0 spiro atoms. The van der Waals surface area contributed by atoms with E-state index in [9.17, 15) is 0 Å². The van der Waals surface area contributed by atoms with Crippen molar-refractivity contribution in [2.24, 2.45) is 5.92 Å². The molecule has 0 amide bonds. The molecule has 0 atom stereocenters. The van der Waals surface area contributed by atoms with Crippen LogP contribution < -0.4 is 4.89 Å². The molecule has 19 heavy (non-hydrogen) atoms. The Balaban J connectivity index is 2.47. The quantitative estimate of drug-likeness (QED) is 0.489. The van der Waals surface area contributed by atoms with E-state index in [1.165, 1.54) is 5.56 Å². The van der Waals surface area contributed by atoms with Crippen LogP contribution in [0.3, 0.4) is 0 Å². The van der Waals surface area contributed by atoms with E-state index < -0.39 is 0 Å². The van der Waals surface area contributed by atoms with E-state index in [0.717, 1.165) is 18.6 Å². The number of rotatable bonds is 7. The van der Waals surface area contributed by atoms with E-state index in [1.807, 2.05) is 12.1 Å². The van der Waals surface area contributed by atoms with Gasteiger partial charge < -0.3 is 4.89 Å². The molecule has 1 aromatic carbocycles. The summed E-state index contributed by atoms with van der Waals surface area (Å²) in [7, 11) is 0. The van der Waals surface area contributed by atoms with Gasteiger partial charge in [-0.2, -0.15) is 4.89 Å². The van der Waals surface area contributed by atoms with Gasteiger partial charge in [-0.15, -0.1) is 0 Å². The van der Waals surface area contributed by atoms with E-state index in [4.69, 9.17) is 9.78 Å². The first-order chi connectivity index (χ1) is 8.80. The van der Waals surface area contributed by atoms with Gasteiger partial charge in [0.05, 0.1) is 0 Å². The van der Waals surface area contributed by atoms with Gasteiger partial charge in [0.2, 0.25) is 0 Å². The zero-order valence-corrected chi connectivity index (χ0v) is 13.2. The third-order valence-corrected chi connectivity index (χ3v) is 3.23. The largest absolute Gasteiger partial charge is 0.337 e. The molecule has 0 saturated heterocycles. The smallest absolute Gasteiger partial charge is 0.165 e. The molecule has 0 unspecified atom stereocenters. The molecule has 0 radical (unpaired) electrons. The van der Waals surface area contributed by atoms with Crippen molar-refractivity contribution in [2.45, 2.75) is 65.9 Å². The lowest BCUT2D eigenvalue weighted by Crippen LogP contribution is -2.26. The molecule has 0 fully saturated rings. The molecule has 0 aliphatic carbocycles. The maximum atomic E-state index is 5.57. The summed E-state index contributed by atoms with van der Waals surface area (Å²) in [6.45, 7) is 12.9. The molecule has 0 saturated carbocycles. The van der Waals surface area contributed by atoms with Gasteiger partial charge in [-0.05, 0) is 56.2 Å². The van der Waals surface area contributed by atoms with Crippen molar-refractivity contribution in [3.8, 4) is 5.75 Å². The molecule has 0 aromatic heterocycles. The Morgan fingerprint density at radius 3 is 2.05 bits per heavy atom. The zero-order chi connectivity index (χ0) is 14.5. The van der Waals surface area contributed by atoms with Gasteiger partial charge in [-0.3, -0.25) is 0 Å². The number of hydrogen-bond donors (Lipinski definition) is 0. The minimum Gasteiger partial charge on any atom is -0.337 e. The van der Waals surface area contributed by atoms with Crippen LogP contribution in [0.2, 0.25) is 0 Å². The van der Waals surface area contributed by atoms with Crippen molar-refractivity contribution in [3.05, 3.63) is 29.8 Å². The average Bonchev–Trinajstić information content (AvgIpc) is 2.35. The highest BCUT2D eigenvalue weighted by atomic mass is 17.2. The molecule has 2 heteroatoms. The number of benzene rings is 1. The third-order valence-electron chi connectivity index (χ3n) is 3.23. The standard InChI is InChI=1S/C17H28O2/c1-13(2)11-12-17(5,6)19-18-16-9-7-15(8-10-16)14(3)4/h7-10,13-14H,11-12H2,1-6H3. The first kappa shape index (κ1) is 16.0. The third kappa shape index (κ3) is 6.11. The van der Waals surface area contributed by atoms with Crippen molar-refractivity contribution in [2.75, 3.05) is 0 Å². The molecule has 0 heterocycles. The van der Waals surface area contributed by atoms with E-state index in [-0.39, 0.29) is 5.60 Å². The van der Waals surface area contributed by atoms with Gasteiger partial charge in [-0.1, -0.05) is 39.8 Å². The highest BCUT2D eigenvalue weighted by Gasteiger charge is 2.21. The molecule has 1 rings (SSSR count). The van der Waals surface area contributed by atoms with Crippen molar-refractivity contribution in [3.63, 3.8) is 0 Å². The molecule has 2 nitrogen and oxygen atoms in total. The van der Waals surface area contributed by atoms with Crippen molar-refractivity contribution in [1.29, 1.82) is 0 Å². The second-order valence-corrected chi connectivity index (χ2v) is 6.58. The molecule has 108 valence electrons. The molecule has 0 aliphatic heterocycles. The lowest BCUT2D eigenvalue weighted by Gasteiger charge is -2.24. The van der Waals surface area contributed by atoms with Crippen LogP contribution >= 0.6 is 0 Å².